The molecule has 1 aliphatic heterocycles. The number of benzene rings is 1. The summed E-state index contributed by atoms with van der Waals surface area (Å²) >= 11 is 0. The second kappa shape index (κ2) is 9.78. The van der Waals surface area contributed by atoms with Gasteiger partial charge >= 0.3 is 0 Å². The van der Waals surface area contributed by atoms with Crippen LogP contribution in [0.25, 0.3) is 5.69 Å². The van der Waals surface area contributed by atoms with E-state index in [4.69, 9.17) is 4.74 Å². The van der Waals surface area contributed by atoms with Gasteiger partial charge in [-0.05, 0) is 26.0 Å². The first kappa shape index (κ1) is 21.8. The average molecular weight is 436 g/mol. The number of carbonyl (C=O) groups excluding carboxylic acids is 1. The lowest BCUT2D eigenvalue weighted by atomic mass is 10.2. The minimum Gasteiger partial charge on any atom is -0.480 e. The third-order valence-corrected chi connectivity index (χ3v) is 5.72. The van der Waals surface area contributed by atoms with E-state index in [1.54, 1.807) is 19.5 Å². The maximum Gasteiger partial charge on any atom is 0.233 e. The Balaban J connectivity index is 1.28. The molecule has 1 aromatic carbocycles. The van der Waals surface area contributed by atoms with Crippen molar-refractivity contribution in [3.63, 3.8) is 0 Å². The van der Waals surface area contributed by atoms with Crippen LogP contribution >= 0.6 is 0 Å². The van der Waals surface area contributed by atoms with E-state index in [0.717, 1.165) is 54.8 Å². The lowest BCUT2D eigenvalue weighted by molar-refractivity contribution is -0.116. The third kappa shape index (κ3) is 4.88. The van der Waals surface area contributed by atoms with Crippen molar-refractivity contribution in [3.8, 4) is 11.6 Å². The van der Waals surface area contributed by atoms with Crippen molar-refractivity contribution < 1.29 is 9.53 Å². The van der Waals surface area contributed by atoms with Crippen LogP contribution in [0.4, 0.5) is 11.5 Å². The molecule has 168 valence electrons. The second-order valence-electron chi connectivity index (χ2n) is 7.84. The zero-order valence-electron chi connectivity index (χ0n) is 18.8. The number of hydrogen-bond donors (Lipinski definition) is 1. The molecule has 0 saturated carbocycles. The van der Waals surface area contributed by atoms with Gasteiger partial charge in [-0.1, -0.05) is 18.2 Å². The number of amides is 1. The van der Waals surface area contributed by atoms with Gasteiger partial charge < -0.3 is 15.0 Å². The van der Waals surface area contributed by atoms with Gasteiger partial charge in [-0.2, -0.15) is 10.1 Å². The molecule has 9 nitrogen and oxygen atoms in total. The number of methoxy groups -OCH3 is 1. The molecule has 0 radical (unpaired) electrons. The molecule has 3 heterocycles. The Bertz CT molecular complexity index is 1060. The van der Waals surface area contributed by atoms with E-state index >= 15 is 0 Å². The molecular formula is C23H29N7O2. The molecule has 0 unspecified atom stereocenters. The quantitative estimate of drug-likeness (QED) is 0.610. The minimum absolute atomic E-state index is 0.00454. The smallest absolute Gasteiger partial charge is 0.233 e. The Morgan fingerprint density at radius 3 is 2.56 bits per heavy atom. The summed E-state index contributed by atoms with van der Waals surface area (Å²) < 4.78 is 7.03. The van der Waals surface area contributed by atoms with E-state index in [1.807, 2.05) is 48.9 Å². The summed E-state index contributed by atoms with van der Waals surface area (Å²) in [5.74, 6) is 1.34. The lowest BCUT2D eigenvalue weighted by Gasteiger charge is -2.35. The number of nitrogens with zero attached hydrogens (tertiary/aromatic N) is 6. The van der Waals surface area contributed by atoms with Crippen molar-refractivity contribution in [1.29, 1.82) is 0 Å². The van der Waals surface area contributed by atoms with Gasteiger partial charge in [-0.15, -0.1) is 0 Å². The zero-order chi connectivity index (χ0) is 22.5. The molecular weight excluding hydrogens is 406 g/mol. The molecule has 0 spiro atoms. The molecule has 1 amide bonds. The summed E-state index contributed by atoms with van der Waals surface area (Å²) in [6.07, 6.45) is 3.80. The number of para-hydroxylation sites is 1. The molecule has 1 aliphatic rings. The van der Waals surface area contributed by atoms with Crippen molar-refractivity contribution in [3.05, 3.63) is 54.1 Å². The number of hydrogen-bond acceptors (Lipinski definition) is 7. The normalized spacial score (nSPS) is 14.4. The Morgan fingerprint density at radius 2 is 1.84 bits per heavy atom. The summed E-state index contributed by atoms with van der Waals surface area (Å²) in [7, 11) is 1.59. The van der Waals surface area contributed by atoms with Crippen LogP contribution in [0.2, 0.25) is 0 Å². The van der Waals surface area contributed by atoms with E-state index in [2.05, 4.69) is 30.2 Å². The average Bonchev–Trinajstić information content (AvgIpc) is 3.12. The van der Waals surface area contributed by atoms with Gasteiger partial charge in [-0.3, -0.25) is 14.7 Å². The van der Waals surface area contributed by atoms with Gasteiger partial charge in [0.15, 0.2) is 5.82 Å². The summed E-state index contributed by atoms with van der Waals surface area (Å²) in [5, 5.41) is 7.66. The number of carbonyl (C=O) groups is 1. The molecule has 0 bridgehead atoms. The maximum atomic E-state index is 12.6. The predicted molar refractivity (Wildman–Crippen MR) is 124 cm³/mol. The van der Waals surface area contributed by atoms with Crippen molar-refractivity contribution in [1.82, 2.24) is 24.6 Å². The predicted octanol–water partition coefficient (Wildman–Crippen LogP) is 2.44. The number of ether oxygens (including phenoxy) is 1. The van der Waals surface area contributed by atoms with E-state index in [1.165, 1.54) is 0 Å². The highest BCUT2D eigenvalue weighted by molar-refractivity contribution is 5.92. The number of nitrogens with one attached hydrogen (secondary N) is 1. The van der Waals surface area contributed by atoms with Gasteiger partial charge in [0.2, 0.25) is 11.8 Å². The third-order valence-electron chi connectivity index (χ3n) is 5.72. The molecule has 9 heteroatoms. The van der Waals surface area contributed by atoms with Gasteiger partial charge in [0.25, 0.3) is 0 Å². The monoisotopic (exact) mass is 435 g/mol. The molecule has 0 aliphatic carbocycles. The van der Waals surface area contributed by atoms with Crippen LogP contribution in [0.1, 0.15) is 17.8 Å². The Hall–Kier alpha value is -3.46. The van der Waals surface area contributed by atoms with Gasteiger partial charge in [-0.25, -0.2) is 4.68 Å². The Labute approximate surface area is 188 Å². The fraction of sp³-hybridized carbons (Fsp3) is 0.391. The molecule has 1 saturated heterocycles. The van der Waals surface area contributed by atoms with Crippen LogP contribution < -0.4 is 15.0 Å². The molecule has 3 aromatic rings. The molecule has 32 heavy (non-hydrogen) atoms. The maximum absolute atomic E-state index is 12.6. The Morgan fingerprint density at radius 1 is 1.09 bits per heavy atom. The van der Waals surface area contributed by atoms with Gasteiger partial charge in [0, 0.05) is 39.1 Å². The Kier molecular flexibility index (Phi) is 6.65. The summed E-state index contributed by atoms with van der Waals surface area (Å²) in [6, 6.07) is 9.93. The minimum atomic E-state index is 0.00454. The van der Waals surface area contributed by atoms with E-state index in [9.17, 15) is 4.79 Å². The van der Waals surface area contributed by atoms with Crippen molar-refractivity contribution >= 4 is 17.4 Å². The van der Waals surface area contributed by atoms with Crippen LogP contribution in [0.5, 0.6) is 5.88 Å². The van der Waals surface area contributed by atoms with Crippen molar-refractivity contribution in [2.45, 2.75) is 20.3 Å². The number of anilines is 2. The summed E-state index contributed by atoms with van der Waals surface area (Å²) in [6.45, 7) is 8.03. The SMILES string of the molecule is COc1cncc(N2CCN(CCC(=O)Nc3c(C)nn(-c4ccccc4)c3C)CC2)n1. The summed E-state index contributed by atoms with van der Waals surface area (Å²) in [4.78, 5) is 25.8. The van der Waals surface area contributed by atoms with Crippen LogP contribution in [0, 0.1) is 13.8 Å². The van der Waals surface area contributed by atoms with Crippen LogP contribution in [-0.2, 0) is 4.79 Å². The number of piperazine rings is 1. The van der Waals surface area contributed by atoms with Crippen molar-refractivity contribution in [2.24, 2.45) is 0 Å². The number of aromatic nitrogens is 4. The van der Waals surface area contributed by atoms with Gasteiger partial charge in [0.1, 0.15) is 0 Å². The van der Waals surface area contributed by atoms with Crippen molar-refractivity contribution in [2.75, 3.05) is 50.1 Å². The zero-order valence-corrected chi connectivity index (χ0v) is 18.8. The summed E-state index contributed by atoms with van der Waals surface area (Å²) in [5.41, 5.74) is 3.51. The molecule has 2 aromatic heterocycles. The molecule has 0 atom stereocenters. The topological polar surface area (TPSA) is 88.4 Å². The highest BCUT2D eigenvalue weighted by Gasteiger charge is 2.20. The fourth-order valence-corrected chi connectivity index (χ4v) is 3.90. The highest BCUT2D eigenvalue weighted by atomic mass is 16.5. The fourth-order valence-electron chi connectivity index (χ4n) is 3.90. The first-order valence-corrected chi connectivity index (χ1v) is 10.8. The number of aryl methyl sites for hydroxylation is 1. The van der Waals surface area contributed by atoms with Crippen LogP contribution in [0.3, 0.4) is 0 Å². The van der Waals surface area contributed by atoms with E-state index < -0.39 is 0 Å². The number of rotatable bonds is 7. The molecule has 1 N–H and O–H groups in total. The first-order chi connectivity index (χ1) is 15.5. The van der Waals surface area contributed by atoms with Crippen LogP contribution in [0.15, 0.2) is 42.7 Å². The largest absolute Gasteiger partial charge is 0.480 e. The van der Waals surface area contributed by atoms with Gasteiger partial charge in [0.05, 0.1) is 42.3 Å². The standard InChI is InChI=1S/C23H29N7O2/c1-17-23(18(2)30(27-17)19-7-5-4-6-8-19)26-21(31)9-10-28-11-13-29(14-12-28)20-15-24-16-22(25-20)32-3/h4-8,15-16H,9-14H2,1-3H3,(H,26,31). The molecule has 1 fully saturated rings. The lowest BCUT2D eigenvalue weighted by Crippen LogP contribution is -2.47. The second-order valence-corrected chi connectivity index (χ2v) is 7.84. The van der Waals surface area contributed by atoms with E-state index in [-0.39, 0.29) is 5.91 Å². The van der Waals surface area contributed by atoms with E-state index in [0.29, 0.717) is 18.8 Å². The van der Waals surface area contributed by atoms with Crippen LogP contribution in [-0.4, -0.2) is 70.4 Å². The molecule has 4 rings (SSSR count). The highest BCUT2D eigenvalue weighted by Crippen LogP contribution is 2.23. The first-order valence-electron chi connectivity index (χ1n) is 10.8.